The van der Waals surface area contributed by atoms with E-state index in [0.717, 1.165) is 15.5 Å². The lowest BCUT2D eigenvalue weighted by molar-refractivity contribution is 0.413. The lowest BCUT2D eigenvalue weighted by Gasteiger charge is -2.06. The van der Waals surface area contributed by atoms with Crippen LogP contribution in [0.25, 0.3) is 0 Å². The first-order valence-corrected chi connectivity index (χ1v) is 5.96. The molecule has 2 aromatic carbocycles. The first-order chi connectivity index (χ1) is 8.33. The van der Waals surface area contributed by atoms with Crippen LogP contribution >= 0.6 is 11.8 Å². The highest BCUT2D eigenvalue weighted by molar-refractivity contribution is 7.99. The maximum atomic E-state index is 9.06. The lowest BCUT2D eigenvalue weighted by Crippen LogP contribution is -1.86. The summed E-state index contributed by atoms with van der Waals surface area (Å²) in [6.07, 6.45) is 0. The molecule has 0 N–H and O–H groups in total. The Morgan fingerprint density at radius 1 is 1.12 bits per heavy atom. The molecule has 0 saturated carbocycles. The van der Waals surface area contributed by atoms with E-state index in [1.807, 2.05) is 36.4 Å². The number of ether oxygens (including phenoxy) is 1. The molecule has 84 valence electrons. The van der Waals surface area contributed by atoms with Crippen LogP contribution in [0.1, 0.15) is 5.56 Å². The summed E-state index contributed by atoms with van der Waals surface area (Å²) in [6, 6.07) is 17.6. The quantitative estimate of drug-likeness (QED) is 0.821. The molecule has 0 bridgehead atoms. The molecule has 0 aliphatic rings. The minimum Gasteiger partial charge on any atom is -0.497 e. The zero-order chi connectivity index (χ0) is 12.1. The van der Waals surface area contributed by atoms with Crippen LogP contribution in [0.2, 0.25) is 0 Å². The van der Waals surface area contributed by atoms with Crippen molar-refractivity contribution in [1.82, 2.24) is 0 Å². The Morgan fingerprint density at radius 2 is 1.88 bits per heavy atom. The largest absolute Gasteiger partial charge is 0.497 e. The predicted molar refractivity (Wildman–Crippen MR) is 68.3 cm³/mol. The number of hydrogen-bond acceptors (Lipinski definition) is 3. The number of hydrogen-bond donors (Lipinski definition) is 0. The molecule has 2 aromatic rings. The van der Waals surface area contributed by atoms with Gasteiger partial charge in [0.15, 0.2) is 0 Å². The molecule has 0 unspecified atom stereocenters. The molecule has 2 rings (SSSR count). The third kappa shape index (κ3) is 2.80. The van der Waals surface area contributed by atoms with Gasteiger partial charge in [0.2, 0.25) is 0 Å². The minimum atomic E-state index is 0.666. The van der Waals surface area contributed by atoms with E-state index in [-0.39, 0.29) is 0 Å². The molecule has 0 aromatic heterocycles. The van der Waals surface area contributed by atoms with Gasteiger partial charge in [-0.05, 0) is 30.3 Å². The van der Waals surface area contributed by atoms with Gasteiger partial charge in [-0.2, -0.15) is 5.26 Å². The van der Waals surface area contributed by atoms with Gasteiger partial charge in [0.1, 0.15) is 11.8 Å². The second-order valence-corrected chi connectivity index (χ2v) is 4.50. The highest BCUT2D eigenvalue weighted by atomic mass is 32.2. The van der Waals surface area contributed by atoms with Crippen molar-refractivity contribution in [2.45, 2.75) is 9.79 Å². The highest BCUT2D eigenvalue weighted by Gasteiger charge is 2.05. The number of benzene rings is 2. The Morgan fingerprint density at radius 3 is 2.53 bits per heavy atom. The summed E-state index contributed by atoms with van der Waals surface area (Å²) in [4.78, 5) is 2.02. The summed E-state index contributed by atoms with van der Waals surface area (Å²) in [6.45, 7) is 0. The number of rotatable bonds is 3. The van der Waals surface area contributed by atoms with Crippen LogP contribution in [0.15, 0.2) is 58.3 Å². The normalized spacial score (nSPS) is 9.65. The molecule has 2 nitrogen and oxygen atoms in total. The van der Waals surface area contributed by atoms with Crippen molar-refractivity contribution in [2.24, 2.45) is 0 Å². The molecular formula is C14H11NOS. The second-order valence-electron chi connectivity index (χ2n) is 3.39. The van der Waals surface area contributed by atoms with Crippen molar-refractivity contribution >= 4 is 11.8 Å². The Labute approximate surface area is 105 Å². The average molecular weight is 241 g/mol. The fourth-order valence-electron chi connectivity index (χ4n) is 1.42. The van der Waals surface area contributed by atoms with Gasteiger partial charge in [-0.15, -0.1) is 0 Å². The van der Waals surface area contributed by atoms with Crippen molar-refractivity contribution in [1.29, 1.82) is 5.26 Å². The summed E-state index contributed by atoms with van der Waals surface area (Å²) in [7, 11) is 1.62. The molecule has 0 spiro atoms. The molecule has 17 heavy (non-hydrogen) atoms. The molecule has 0 heterocycles. The topological polar surface area (TPSA) is 33.0 Å². The van der Waals surface area contributed by atoms with Gasteiger partial charge in [-0.25, -0.2) is 0 Å². The smallest absolute Gasteiger partial charge is 0.120 e. The van der Waals surface area contributed by atoms with E-state index < -0.39 is 0 Å². The fraction of sp³-hybridized carbons (Fsp3) is 0.0714. The first kappa shape index (κ1) is 11.6. The van der Waals surface area contributed by atoms with E-state index in [1.54, 1.807) is 31.0 Å². The number of nitrogens with zero attached hydrogens (tertiary/aromatic N) is 1. The lowest BCUT2D eigenvalue weighted by atomic mass is 10.2. The monoisotopic (exact) mass is 241 g/mol. The molecule has 0 saturated heterocycles. The first-order valence-electron chi connectivity index (χ1n) is 5.14. The van der Waals surface area contributed by atoms with Gasteiger partial charge < -0.3 is 4.74 Å². The van der Waals surface area contributed by atoms with E-state index in [1.165, 1.54) is 0 Å². The van der Waals surface area contributed by atoms with E-state index in [0.29, 0.717) is 5.56 Å². The Balaban J connectivity index is 2.34. The van der Waals surface area contributed by atoms with E-state index in [9.17, 15) is 0 Å². The van der Waals surface area contributed by atoms with Crippen LogP contribution in [-0.4, -0.2) is 7.11 Å². The molecule has 0 aliphatic carbocycles. The van der Waals surface area contributed by atoms with Gasteiger partial charge >= 0.3 is 0 Å². The summed E-state index contributed by atoms with van der Waals surface area (Å²) in [5, 5.41) is 9.06. The van der Waals surface area contributed by atoms with Crippen LogP contribution < -0.4 is 4.74 Å². The summed E-state index contributed by atoms with van der Waals surface area (Å²) in [5.74, 6) is 0.766. The second kappa shape index (κ2) is 5.42. The van der Waals surface area contributed by atoms with Crippen molar-refractivity contribution in [3.8, 4) is 11.8 Å². The van der Waals surface area contributed by atoms with Crippen LogP contribution in [-0.2, 0) is 0 Å². The van der Waals surface area contributed by atoms with Crippen LogP contribution in [0.5, 0.6) is 5.75 Å². The summed E-state index contributed by atoms with van der Waals surface area (Å²) >= 11 is 1.57. The minimum absolute atomic E-state index is 0.666. The third-order valence-electron chi connectivity index (χ3n) is 2.28. The average Bonchev–Trinajstić information content (AvgIpc) is 2.40. The molecule has 0 atom stereocenters. The Kier molecular flexibility index (Phi) is 3.69. The van der Waals surface area contributed by atoms with Gasteiger partial charge in [-0.3, -0.25) is 0 Å². The molecule has 0 fully saturated rings. The van der Waals surface area contributed by atoms with Gasteiger partial charge in [0.05, 0.1) is 12.7 Å². The van der Waals surface area contributed by atoms with Gasteiger partial charge in [0, 0.05) is 9.79 Å². The number of methoxy groups -OCH3 is 1. The Hall–Kier alpha value is -1.92. The molecule has 0 aliphatic heterocycles. The van der Waals surface area contributed by atoms with Crippen LogP contribution in [0.4, 0.5) is 0 Å². The van der Waals surface area contributed by atoms with E-state index >= 15 is 0 Å². The van der Waals surface area contributed by atoms with Gasteiger partial charge in [0.25, 0.3) is 0 Å². The van der Waals surface area contributed by atoms with Crippen molar-refractivity contribution in [2.75, 3.05) is 7.11 Å². The zero-order valence-corrected chi connectivity index (χ0v) is 10.2. The summed E-state index contributed by atoms with van der Waals surface area (Å²) in [5.41, 5.74) is 0.666. The number of nitriles is 1. The van der Waals surface area contributed by atoms with E-state index in [2.05, 4.69) is 6.07 Å². The maximum Gasteiger partial charge on any atom is 0.120 e. The van der Waals surface area contributed by atoms with Crippen LogP contribution in [0.3, 0.4) is 0 Å². The third-order valence-corrected chi connectivity index (χ3v) is 3.35. The van der Waals surface area contributed by atoms with Gasteiger partial charge in [-0.1, -0.05) is 30.0 Å². The SMILES string of the molecule is COc1ccc(C#N)c(Sc2ccccc2)c1. The fourth-order valence-corrected chi connectivity index (χ4v) is 2.37. The molecule has 0 amide bonds. The highest BCUT2D eigenvalue weighted by Crippen LogP contribution is 2.32. The van der Waals surface area contributed by atoms with Crippen molar-refractivity contribution in [3.05, 3.63) is 54.1 Å². The standard InChI is InChI=1S/C14H11NOS/c1-16-12-8-7-11(10-15)14(9-12)17-13-5-3-2-4-6-13/h2-9H,1H3. The Bertz CT molecular complexity index is 546. The molecular weight excluding hydrogens is 230 g/mol. The molecule has 0 radical (unpaired) electrons. The van der Waals surface area contributed by atoms with Crippen LogP contribution in [0, 0.1) is 11.3 Å². The summed E-state index contributed by atoms with van der Waals surface area (Å²) < 4.78 is 5.17. The maximum absolute atomic E-state index is 9.06. The molecule has 3 heteroatoms. The van der Waals surface area contributed by atoms with Crippen molar-refractivity contribution < 1.29 is 4.74 Å². The van der Waals surface area contributed by atoms with Crippen molar-refractivity contribution in [3.63, 3.8) is 0 Å². The van der Waals surface area contributed by atoms with E-state index in [4.69, 9.17) is 10.00 Å². The predicted octanol–water partition coefficient (Wildman–Crippen LogP) is 3.72. The zero-order valence-electron chi connectivity index (χ0n) is 9.38.